The number of nitrogens with one attached hydrogen (secondary N) is 1. The van der Waals surface area contributed by atoms with Crippen LogP contribution in [0.1, 0.15) is 0 Å². The summed E-state index contributed by atoms with van der Waals surface area (Å²) in [6.45, 7) is 0.0517. The summed E-state index contributed by atoms with van der Waals surface area (Å²) >= 11 is 3.19. The molecular formula is C8H9BrN2O2. The Balaban J connectivity index is 2.54. The van der Waals surface area contributed by atoms with Crippen LogP contribution in [0, 0.1) is 0 Å². The topological polar surface area (TPSA) is 51.2 Å². The Bertz CT molecular complexity index is 287. The summed E-state index contributed by atoms with van der Waals surface area (Å²) in [5.74, 6) is -0.188. The Labute approximate surface area is 84.4 Å². The maximum Gasteiger partial charge on any atom is 0.250 e. The third-order valence-corrected chi connectivity index (χ3v) is 1.76. The molecule has 13 heavy (non-hydrogen) atoms. The number of halogens is 1. The van der Waals surface area contributed by atoms with Gasteiger partial charge >= 0.3 is 0 Å². The predicted molar refractivity (Wildman–Crippen MR) is 52.4 cm³/mol. The number of ether oxygens (including phenoxy) is 1. The van der Waals surface area contributed by atoms with Crippen molar-refractivity contribution in [2.45, 2.75) is 0 Å². The summed E-state index contributed by atoms with van der Waals surface area (Å²) in [5, 5.41) is 2.62. The molecule has 0 saturated carbocycles. The van der Waals surface area contributed by atoms with Crippen molar-refractivity contribution < 1.29 is 9.53 Å². The number of aromatic nitrogens is 1. The van der Waals surface area contributed by atoms with Gasteiger partial charge in [0.15, 0.2) is 0 Å². The predicted octanol–water partition coefficient (Wildman–Crippen LogP) is 1.43. The molecule has 0 atom stereocenters. The molecule has 1 rings (SSSR count). The fourth-order valence-electron chi connectivity index (χ4n) is 0.778. The van der Waals surface area contributed by atoms with Crippen molar-refractivity contribution in [1.82, 2.24) is 4.98 Å². The van der Waals surface area contributed by atoms with Crippen molar-refractivity contribution in [2.75, 3.05) is 19.0 Å². The molecule has 70 valence electrons. The SMILES string of the molecule is COCC(=O)Nc1ccc(Br)nc1. The van der Waals surface area contributed by atoms with Gasteiger partial charge in [0, 0.05) is 7.11 Å². The van der Waals surface area contributed by atoms with Gasteiger partial charge in [-0.15, -0.1) is 0 Å². The van der Waals surface area contributed by atoms with Gasteiger partial charge in [-0.2, -0.15) is 0 Å². The summed E-state index contributed by atoms with van der Waals surface area (Å²) < 4.78 is 5.39. The number of pyridine rings is 1. The summed E-state index contributed by atoms with van der Waals surface area (Å²) in [5.41, 5.74) is 0.658. The van der Waals surface area contributed by atoms with Crippen LogP contribution in [0.3, 0.4) is 0 Å². The number of hydrogen-bond donors (Lipinski definition) is 1. The van der Waals surface area contributed by atoms with Crippen LogP contribution in [0.25, 0.3) is 0 Å². The van der Waals surface area contributed by atoms with Crippen molar-refractivity contribution in [3.8, 4) is 0 Å². The van der Waals surface area contributed by atoms with Crippen molar-refractivity contribution in [3.63, 3.8) is 0 Å². The highest BCUT2D eigenvalue weighted by atomic mass is 79.9. The van der Waals surface area contributed by atoms with E-state index in [9.17, 15) is 4.79 Å². The number of methoxy groups -OCH3 is 1. The molecule has 0 radical (unpaired) electrons. The minimum absolute atomic E-state index is 0.0517. The van der Waals surface area contributed by atoms with Gasteiger partial charge in [-0.3, -0.25) is 4.79 Å². The zero-order valence-electron chi connectivity index (χ0n) is 7.08. The smallest absolute Gasteiger partial charge is 0.250 e. The Morgan fingerprint density at radius 1 is 1.69 bits per heavy atom. The number of carbonyl (C=O) groups excluding carboxylic acids is 1. The molecule has 1 aromatic rings. The van der Waals surface area contributed by atoms with Crippen LogP contribution < -0.4 is 5.32 Å². The maximum atomic E-state index is 11.0. The fourth-order valence-corrected chi connectivity index (χ4v) is 1.01. The molecule has 4 nitrogen and oxygen atoms in total. The van der Waals surface area contributed by atoms with Gasteiger partial charge in [0.05, 0.1) is 11.9 Å². The standard InChI is InChI=1S/C8H9BrN2O2/c1-13-5-8(12)11-6-2-3-7(9)10-4-6/h2-4H,5H2,1H3,(H,11,12). The van der Waals surface area contributed by atoms with Crippen LogP contribution >= 0.6 is 15.9 Å². The van der Waals surface area contributed by atoms with E-state index < -0.39 is 0 Å². The molecule has 1 amide bonds. The number of hydrogen-bond acceptors (Lipinski definition) is 3. The summed E-state index contributed by atoms with van der Waals surface area (Å²) in [6, 6.07) is 3.51. The fraction of sp³-hybridized carbons (Fsp3) is 0.250. The van der Waals surface area contributed by atoms with E-state index in [1.165, 1.54) is 7.11 Å². The summed E-state index contributed by atoms with van der Waals surface area (Å²) in [4.78, 5) is 15.0. The molecule has 5 heteroatoms. The first-order valence-corrected chi connectivity index (χ1v) is 4.42. The second-order valence-corrected chi connectivity index (χ2v) is 3.16. The number of carbonyl (C=O) groups is 1. The van der Waals surface area contributed by atoms with Crippen molar-refractivity contribution in [1.29, 1.82) is 0 Å². The lowest BCUT2D eigenvalue weighted by atomic mass is 10.4. The van der Waals surface area contributed by atoms with E-state index in [0.717, 1.165) is 4.60 Å². The van der Waals surface area contributed by atoms with Gasteiger partial charge in [0.25, 0.3) is 0 Å². The van der Waals surface area contributed by atoms with Gasteiger partial charge < -0.3 is 10.1 Å². The first-order chi connectivity index (χ1) is 6.22. The van der Waals surface area contributed by atoms with Crippen LogP contribution in [0.15, 0.2) is 22.9 Å². The molecular weight excluding hydrogens is 236 g/mol. The molecule has 1 aromatic heterocycles. The first-order valence-electron chi connectivity index (χ1n) is 3.62. The van der Waals surface area contributed by atoms with Crippen LogP contribution in [0.2, 0.25) is 0 Å². The largest absolute Gasteiger partial charge is 0.375 e. The summed E-state index contributed by atoms with van der Waals surface area (Å²) in [6.07, 6.45) is 1.57. The van der Waals surface area contributed by atoms with E-state index in [1.54, 1.807) is 18.3 Å². The van der Waals surface area contributed by atoms with Gasteiger partial charge in [-0.05, 0) is 28.1 Å². The molecule has 0 aliphatic rings. The molecule has 0 aliphatic carbocycles. The summed E-state index contributed by atoms with van der Waals surface area (Å²) in [7, 11) is 1.47. The molecule has 0 unspecified atom stereocenters. The van der Waals surface area contributed by atoms with Crippen LogP contribution in [0.4, 0.5) is 5.69 Å². The molecule has 0 aromatic carbocycles. The number of amides is 1. The van der Waals surface area contributed by atoms with Gasteiger partial charge in [0.1, 0.15) is 11.2 Å². The molecule has 0 fully saturated rings. The zero-order valence-corrected chi connectivity index (χ0v) is 8.67. The van der Waals surface area contributed by atoms with E-state index in [2.05, 4.69) is 31.0 Å². The van der Waals surface area contributed by atoms with Crippen LogP contribution in [-0.4, -0.2) is 24.6 Å². The minimum atomic E-state index is -0.188. The molecule has 0 aliphatic heterocycles. The van der Waals surface area contributed by atoms with Gasteiger partial charge in [-0.1, -0.05) is 0 Å². The lowest BCUT2D eigenvalue weighted by Crippen LogP contribution is -2.17. The Morgan fingerprint density at radius 2 is 2.46 bits per heavy atom. The van der Waals surface area contributed by atoms with E-state index in [4.69, 9.17) is 0 Å². The maximum absolute atomic E-state index is 11.0. The number of nitrogens with zero attached hydrogens (tertiary/aromatic N) is 1. The minimum Gasteiger partial charge on any atom is -0.375 e. The lowest BCUT2D eigenvalue weighted by molar-refractivity contribution is -0.119. The third-order valence-electron chi connectivity index (χ3n) is 1.29. The van der Waals surface area contributed by atoms with Gasteiger partial charge in [-0.25, -0.2) is 4.98 Å². The van der Waals surface area contributed by atoms with Crippen molar-refractivity contribution in [3.05, 3.63) is 22.9 Å². The Kier molecular flexibility index (Phi) is 3.85. The van der Waals surface area contributed by atoms with Gasteiger partial charge in [0.2, 0.25) is 5.91 Å². The molecule has 0 bridgehead atoms. The second-order valence-electron chi connectivity index (χ2n) is 2.35. The Morgan fingerprint density at radius 3 is 3.00 bits per heavy atom. The van der Waals surface area contributed by atoms with Crippen molar-refractivity contribution in [2.24, 2.45) is 0 Å². The highest BCUT2D eigenvalue weighted by molar-refractivity contribution is 9.10. The number of anilines is 1. The first kappa shape index (κ1) is 10.1. The zero-order chi connectivity index (χ0) is 9.68. The quantitative estimate of drug-likeness (QED) is 0.819. The second kappa shape index (κ2) is 4.94. The highest BCUT2D eigenvalue weighted by Crippen LogP contribution is 2.09. The van der Waals surface area contributed by atoms with E-state index in [1.807, 2.05) is 0 Å². The van der Waals surface area contributed by atoms with E-state index >= 15 is 0 Å². The normalized spacial score (nSPS) is 9.69. The van der Waals surface area contributed by atoms with Crippen LogP contribution in [-0.2, 0) is 9.53 Å². The Hall–Kier alpha value is -0.940. The average molecular weight is 245 g/mol. The molecule has 0 saturated heterocycles. The monoisotopic (exact) mass is 244 g/mol. The highest BCUT2D eigenvalue weighted by Gasteiger charge is 2.00. The average Bonchev–Trinajstić information content (AvgIpc) is 2.09. The molecule has 1 heterocycles. The van der Waals surface area contributed by atoms with Crippen LogP contribution in [0.5, 0.6) is 0 Å². The lowest BCUT2D eigenvalue weighted by Gasteiger charge is -2.02. The third kappa shape index (κ3) is 3.52. The van der Waals surface area contributed by atoms with Crippen molar-refractivity contribution >= 4 is 27.5 Å². The van der Waals surface area contributed by atoms with E-state index in [-0.39, 0.29) is 12.5 Å². The molecule has 0 spiro atoms. The van der Waals surface area contributed by atoms with E-state index in [0.29, 0.717) is 5.69 Å². The molecule has 1 N–H and O–H groups in total. The number of rotatable bonds is 3.